The van der Waals surface area contributed by atoms with E-state index in [2.05, 4.69) is 5.32 Å². The first-order valence-electron chi connectivity index (χ1n) is 5.38. The lowest BCUT2D eigenvalue weighted by Crippen LogP contribution is -2.32. The summed E-state index contributed by atoms with van der Waals surface area (Å²) in [4.78, 5) is 0. The van der Waals surface area contributed by atoms with Gasteiger partial charge in [-0.2, -0.15) is 8.78 Å². The van der Waals surface area contributed by atoms with Crippen molar-refractivity contribution >= 4 is 0 Å². The van der Waals surface area contributed by atoms with E-state index in [4.69, 9.17) is 4.74 Å². The van der Waals surface area contributed by atoms with Crippen LogP contribution in [0.3, 0.4) is 0 Å². The monoisotopic (exact) mass is 227 g/mol. The van der Waals surface area contributed by atoms with Crippen molar-refractivity contribution in [2.24, 2.45) is 0 Å². The third-order valence-corrected chi connectivity index (χ3v) is 2.69. The summed E-state index contributed by atoms with van der Waals surface area (Å²) in [7, 11) is 1.41. The van der Waals surface area contributed by atoms with Crippen molar-refractivity contribution in [3.05, 3.63) is 29.8 Å². The molecule has 0 heterocycles. The van der Waals surface area contributed by atoms with Crippen molar-refractivity contribution in [3.8, 4) is 5.75 Å². The number of methoxy groups -OCH3 is 1. The first-order valence-corrected chi connectivity index (χ1v) is 5.38. The molecule has 16 heavy (non-hydrogen) atoms. The molecule has 1 fully saturated rings. The Morgan fingerprint density at radius 2 is 2.06 bits per heavy atom. The van der Waals surface area contributed by atoms with Gasteiger partial charge in [0.05, 0.1) is 19.2 Å². The van der Waals surface area contributed by atoms with Crippen LogP contribution in [-0.2, 0) is 5.92 Å². The van der Waals surface area contributed by atoms with E-state index in [9.17, 15) is 8.78 Å². The molecule has 1 aliphatic carbocycles. The molecule has 1 saturated carbocycles. The third-order valence-electron chi connectivity index (χ3n) is 2.69. The zero-order valence-electron chi connectivity index (χ0n) is 9.17. The molecule has 88 valence electrons. The molecule has 0 atom stereocenters. The van der Waals surface area contributed by atoms with Gasteiger partial charge in [0, 0.05) is 6.04 Å². The van der Waals surface area contributed by atoms with Crippen LogP contribution in [0.4, 0.5) is 8.78 Å². The van der Waals surface area contributed by atoms with E-state index in [1.54, 1.807) is 18.2 Å². The summed E-state index contributed by atoms with van der Waals surface area (Å²) in [5, 5.41) is 2.84. The summed E-state index contributed by atoms with van der Waals surface area (Å²) in [6.45, 7) is -0.321. The van der Waals surface area contributed by atoms with E-state index in [0.29, 0.717) is 0 Å². The quantitative estimate of drug-likeness (QED) is 0.834. The summed E-state index contributed by atoms with van der Waals surface area (Å²) in [6.07, 6.45) is 2.00. The average molecular weight is 227 g/mol. The Labute approximate surface area is 93.6 Å². The van der Waals surface area contributed by atoms with Gasteiger partial charge in [-0.3, -0.25) is 0 Å². The zero-order valence-corrected chi connectivity index (χ0v) is 9.17. The van der Waals surface area contributed by atoms with Crippen LogP contribution < -0.4 is 10.1 Å². The average Bonchev–Trinajstić information content (AvgIpc) is 3.10. The predicted molar refractivity (Wildman–Crippen MR) is 57.9 cm³/mol. The largest absolute Gasteiger partial charge is 0.496 e. The van der Waals surface area contributed by atoms with E-state index in [1.165, 1.54) is 13.2 Å². The van der Waals surface area contributed by atoms with Gasteiger partial charge in [0.15, 0.2) is 0 Å². The third kappa shape index (κ3) is 2.50. The lowest BCUT2D eigenvalue weighted by Gasteiger charge is -2.19. The van der Waals surface area contributed by atoms with Crippen LogP contribution in [0.1, 0.15) is 18.4 Å². The molecule has 0 unspecified atom stereocenters. The van der Waals surface area contributed by atoms with E-state index in [1.807, 2.05) is 0 Å². The fourth-order valence-electron chi connectivity index (χ4n) is 1.60. The lowest BCUT2D eigenvalue weighted by molar-refractivity contribution is -0.00561. The second-order valence-corrected chi connectivity index (χ2v) is 4.06. The van der Waals surface area contributed by atoms with Crippen LogP contribution >= 0.6 is 0 Å². The van der Waals surface area contributed by atoms with Gasteiger partial charge >= 0.3 is 0 Å². The van der Waals surface area contributed by atoms with Gasteiger partial charge in [-0.1, -0.05) is 12.1 Å². The Morgan fingerprint density at radius 1 is 1.38 bits per heavy atom. The Balaban J connectivity index is 2.12. The minimum Gasteiger partial charge on any atom is -0.496 e. The molecule has 0 saturated heterocycles. The van der Waals surface area contributed by atoms with Crippen molar-refractivity contribution in [2.75, 3.05) is 13.7 Å². The maximum absolute atomic E-state index is 13.8. The molecule has 1 N–H and O–H groups in total. The molecule has 0 bridgehead atoms. The van der Waals surface area contributed by atoms with Crippen LogP contribution in [0, 0.1) is 0 Å². The number of rotatable bonds is 5. The van der Waals surface area contributed by atoms with Gasteiger partial charge in [0.2, 0.25) is 0 Å². The van der Waals surface area contributed by atoms with Crippen LogP contribution in [0.15, 0.2) is 24.3 Å². The highest BCUT2D eigenvalue weighted by Gasteiger charge is 2.36. The number of ether oxygens (including phenoxy) is 1. The molecule has 1 aliphatic rings. The summed E-state index contributed by atoms with van der Waals surface area (Å²) in [5.41, 5.74) is -0.0503. The van der Waals surface area contributed by atoms with E-state index >= 15 is 0 Å². The number of nitrogens with one attached hydrogen (secondary N) is 1. The number of hydrogen-bond donors (Lipinski definition) is 1. The van der Waals surface area contributed by atoms with Crippen LogP contribution in [-0.4, -0.2) is 19.7 Å². The maximum atomic E-state index is 13.8. The number of benzene rings is 1. The molecule has 1 aromatic rings. The molecule has 4 heteroatoms. The summed E-state index contributed by atoms with van der Waals surface area (Å²) >= 11 is 0. The Morgan fingerprint density at radius 3 is 2.69 bits per heavy atom. The fraction of sp³-hybridized carbons (Fsp3) is 0.500. The van der Waals surface area contributed by atoms with Crippen molar-refractivity contribution in [3.63, 3.8) is 0 Å². The first kappa shape index (κ1) is 11.3. The van der Waals surface area contributed by atoms with Gasteiger partial charge < -0.3 is 10.1 Å². The molecule has 0 amide bonds. The second-order valence-electron chi connectivity index (χ2n) is 4.06. The van der Waals surface area contributed by atoms with Crippen molar-refractivity contribution < 1.29 is 13.5 Å². The van der Waals surface area contributed by atoms with E-state index in [0.717, 1.165) is 12.8 Å². The van der Waals surface area contributed by atoms with Crippen molar-refractivity contribution in [1.29, 1.82) is 0 Å². The lowest BCUT2D eigenvalue weighted by atomic mass is 10.1. The maximum Gasteiger partial charge on any atom is 0.288 e. The normalized spacial score (nSPS) is 16.2. The molecule has 1 aromatic carbocycles. The number of para-hydroxylation sites is 1. The van der Waals surface area contributed by atoms with Gasteiger partial charge in [-0.15, -0.1) is 0 Å². The highest BCUT2D eigenvalue weighted by atomic mass is 19.3. The first-order chi connectivity index (χ1) is 7.63. The van der Waals surface area contributed by atoms with Crippen molar-refractivity contribution in [1.82, 2.24) is 5.32 Å². The smallest absolute Gasteiger partial charge is 0.288 e. The van der Waals surface area contributed by atoms with Crippen LogP contribution in [0.2, 0.25) is 0 Å². The Hall–Kier alpha value is -1.16. The Bertz CT molecular complexity index is 364. The molecule has 2 rings (SSSR count). The van der Waals surface area contributed by atoms with Gasteiger partial charge in [-0.05, 0) is 25.0 Å². The van der Waals surface area contributed by atoms with E-state index in [-0.39, 0.29) is 23.9 Å². The summed E-state index contributed by atoms with van der Waals surface area (Å²) in [5.74, 6) is -2.64. The minimum absolute atomic E-state index is 0.0503. The summed E-state index contributed by atoms with van der Waals surface area (Å²) < 4.78 is 32.6. The van der Waals surface area contributed by atoms with Gasteiger partial charge in [-0.25, -0.2) is 0 Å². The van der Waals surface area contributed by atoms with E-state index < -0.39 is 5.92 Å². The molecular formula is C12H15F2NO. The Kier molecular flexibility index (Phi) is 3.10. The predicted octanol–water partition coefficient (Wildman–Crippen LogP) is 2.54. The van der Waals surface area contributed by atoms with Crippen LogP contribution in [0.5, 0.6) is 5.75 Å². The van der Waals surface area contributed by atoms with Gasteiger partial charge in [0.25, 0.3) is 5.92 Å². The fourth-order valence-corrected chi connectivity index (χ4v) is 1.60. The minimum atomic E-state index is -2.88. The van der Waals surface area contributed by atoms with Crippen molar-refractivity contribution in [2.45, 2.75) is 24.8 Å². The number of hydrogen-bond acceptors (Lipinski definition) is 2. The molecule has 0 aliphatic heterocycles. The topological polar surface area (TPSA) is 21.3 Å². The second kappa shape index (κ2) is 4.37. The zero-order chi connectivity index (χ0) is 11.6. The molecule has 0 radical (unpaired) electrons. The highest BCUT2D eigenvalue weighted by Crippen LogP contribution is 2.35. The number of halogens is 2. The SMILES string of the molecule is COc1ccccc1C(F)(F)CNC1CC1. The number of alkyl halides is 2. The molecule has 0 spiro atoms. The highest BCUT2D eigenvalue weighted by molar-refractivity contribution is 5.36. The van der Waals surface area contributed by atoms with Gasteiger partial charge in [0.1, 0.15) is 5.75 Å². The molecule has 2 nitrogen and oxygen atoms in total. The summed E-state index contributed by atoms with van der Waals surface area (Å²) in [6, 6.07) is 6.53. The molecule has 0 aromatic heterocycles. The molecular weight excluding hydrogens is 212 g/mol. The standard InChI is InChI=1S/C12H15F2NO/c1-16-11-5-3-2-4-10(11)12(13,14)8-15-9-6-7-9/h2-5,9,15H,6-8H2,1H3. The van der Waals surface area contributed by atoms with Crippen LogP contribution in [0.25, 0.3) is 0 Å².